The van der Waals surface area contributed by atoms with Crippen LogP contribution in [0.3, 0.4) is 0 Å². The second-order valence-electron chi connectivity index (χ2n) is 6.28. The van der Waals surface area contributed by atoms with Crippen LogP contribution in [0.4, 0.5) is 0 Å². The average molecular weight is 257 g/mol. The van der Waals surface area contributed by atoms with Gasteiger partial charge in [0.05, 0.1) is 11.6 Å². The molecule has 4 fully saturated rings. The third kappa shape index (κ3) is 1.36. The lowest BCUT2D eigenvalue weighted by Gasteiger charge is -2.57. The fourth-order valence-corrected chi connectivity index (χ4v) is 6.30. The lowest BCUT2D eigenvalue weighted by atomic mass is 9.49. The van der Waals surface area contributed by atoms with Crippen LogP contribution < -0.4 is 0 Å². The molecule has 5 aliphatic rings. The van der Waals surface area contributed by atoms with Crippen molar-refractivity contribution in [2.45, 2.75) is 38.5 Å². The van der Waals surface area contributed by atoms with Crippen LogP contribution in [-0.4, -0.2) is 6.61 Å². The van der Waals surface area contributed by atoms with E-state index in [-0.39, 0.29) is 0 Å². The first-order valence-corrected chi connectivity index (χ1v) is 7.56. The molecule has 16 heavy (non-hydrogen) atoms. The lowest BCUT2D eigenvalue weighted by molar-refractivity contribution is -0.0259. The van der Waals surface area contributed by atoms with E-state index in [1.807, 2.05) is 0 Å². The van der Waals surface area contributed by atoms with E-state index in [9.17, 15) is 0 Å². The Kier molecular flexibility index (Phi) is 2.20. The van der Waals surface area contributed by atoms with Gasteiger partial charge in [-0.2, -0.15) is 0 Å². The van der Waals surface area contributed by atoms with Gasteiger partial charge in [-0.25, -0.2) is 0 Å². The molecule has 1 heterocycles. The predicted octanol–water partition coefficient (Wildman–Crippen LogP) is 4.33. The van der Waals surface area contributed by atoms with Gasteiger partial charge in [0.15, 0.2) is 0 Å². The van der Waals surface area contributed by atoms with E-state index in [4.69, 9.17) is 15.8 Å². The largest absolute Gasteiger partial charge is 0.305 e. The summed E-state index contributed by atoms with van der Waals surface area (Å²) in [5.74, 6) is 2.97. The van der Waals surface area contributed by atoms with Gasteiger partial charge in [0.25, 0.3) is 0 Å². The van der Waals surface area contributed by atoms with Gasteiger partial charge >= 0.3 is 0 Å². The lowest BCUT2D eigenvalue weighted by Crippen LogP contribution is -2.46. The maximum Gasteiger partial charge on any atom is 0.0983 e. The summed E-state index contributed by atoms with van der Waals surface area (Å²) in [5, 5.41) is 1.01. The van der Waals surface area contributed by atoms with Crippen molar-refractivity contribution in [3.63, 3.8) is 0 Å². The Morgan fingerprint density at radius 3 is 2.06 bits per heavy atom. The van der Waals surface area contributed by atoms with Gasteiger partial charge in [0, 0.05) is 22.4 Å². The number of hydrogen-bond acceptors (Lipinski definition) is 2. The van der Waals surface area contributed by atoms with Crippen LogP contribution in [0.1, 0.15) is 38.5 Å². The molecule has 4 bridgehead atoms. The summed E-state index contributed by atoms with van der Waals surface area (Å²) in [4.78, 5) is 1.41. The molecule has 4 aliphatic carbocycles. The standard InChI is InChI=1S/C13H17ClOS/c14-11-7-15-16-12(11)13-4-8-1-9(5-13)3-10(2-8)6-13/h8-10H,1-7H2. The molecule has 88 valence electrons. The molecule has 0 unspecified atom stereocenters. The first-order chi connectivity index (χ1) is 7.75. The molecule has 5 rings (SSSR count). The number of allylic oxidation sites excluding steroid dienone is 1. The Balaban J connectivity index is 1.74. The summed E-state index contributed by atoms with van der Waals surface area (Å²) in [7, 11) is 0. The normalized spacial score (nSPS) is 50.4. The molecule has 0 aromatic carbocycles. The second kappa shape index (κ2) is 3.43. The molecular weight excluding hydrogens is 240 g/mol. The highest BCUT2D eigenvalue weighted by Gasteiger charge is 2.54. The predicted molar refractivity (Wildman–Crippen MR) is 67.0 cm³/mol. The zero-order valence-corrected chi connectivity index (χ0v) is 10.9. The number of hydrogen-bond donors (Lipinski definition) is 0. The highest BCUT2D eigenvalue weighted by atomic mass is 35.5. The van der Waals surface area contributed by atoms with Crippen molar-refractivity contribution in [2.75, 3.05) is 6.61 Å². The molecule has 1 aliphatic heterocycles. The molecule has 4 saturated carbocycles. The molecule has 0 atom stereocenters. The highest BCUT2D eigenvalue weighted by molar-refractivity contribution is 7.98. The molecule has 0 N–H and O–H groups in total. The van der Waals surface area contributed by atoms with E-state index in [0.717, 1.165) is 22.8 Å². The van der Waals surface area contributed by atoms with Crippen molar-refractivity contribution in [3.05, 3.63) is 9.94 Å². The maximum absolute atomic E-state index is 6.35. The Morgan fingerprint density at radius 1 is 1.06 bits per heavy atom. The van der Waals surface area contributed by atoms with Gasteiger partial charge in [-0.1, -0.05) is 11.6 Å². The van der Waals surface area contributed by atoms with Crippen molar-refractivity contribution in [1.82, 2.24) is 0 Å². The van der Waals surface area contributed by atoms with E-state index in [2.05, 4.69) is 0 Å². The van der Waals surface area contributed by atoms with Crippen molar-refractivity contribution < 1.29 is 4.18 Å². The maximum atomic E-state index is 6.35. The van der Waals surface area contributed by atoms with Crippen LogP contribution in [0.25, 0.3) is 0 Å². The van der Waals surface area contributed by atoms with Gasteiger partial charge in [-0.15, -0.1) is 0 Å². The summed E-state index contributed by atoms with van der Waals surface area (Å²) in [5.41, 5.74) is 0.438. The molecule has 0 saturated heterocycles. The van der Waals surface area contributed by atoms with Gasteiger partial charge in [-0.05, 0) is 56.3 Å². The molecule has 1 nitrogen and oxygen atoms in total. The topological polar surface area (TPSA) is 9.23 Å². The minimum Gasteiger partial charge on any atom is -0.305 e. The van der Waals surface area contributed by atoms with Crippen LogP contribution in [0.5, 0.6) is 0 Å². The summed E-state index contributed by atoms with van der Waals surface area (Å²) in [6, 6.07) is 0. The summed E-state index contributed by atoms with van der Waals surface area (Å²) in [6.07, 6.45) is 8.66. The Bertz CT molecular complexity index is 328. The fraction of sp³-hybridized carbons (Fsp3) is 0.846. The van der Waals surface area contributed by atoms with E-state index in [0.29, 0.717) is 12.0 Å². The summed E-state index contributed by atoms with van der Waals surface area (Å²) < 4.78 is 5.47. The van der Waals surface area contributed by atoms with Crippen LogP contribution in [-0.2, 0) is 4.18 Å². The molecule has 0 aromatic rings. The first kappa shape index (κ1) is 10.3. The zero-order chi connectivity index (χ0) is 10.8. The molecular formula is C13H17ClOS. The van der Waals surface area contributed by atoms with Crippen molar-refractivity contribution >= 4 is 23.6 Å². The Morgan fingerprint density at radius 2 is 1.62 bits per heavy atom. The van der Waals surface area contributed by atoms with E-state index < -0.39 is 0 Å². The van der Waals surface area contributed by atoms with Crippen molar-refractivity contribution in [3.8, 4) is 0 Å². The molecule has 0 radical (unpaired) electrons. The molecule has 0 spiro atoms. The monoisotopic (exact) mass is 256 g/mol. The summed E-state index contributed by atoms with van der Waals surface area (Å²) >= 11 is 7.93. The van der Waals surface area contributed by atoms with E-state index >= 15 is 0 Å². The van der Waals surface area contributed by atoms with Crippen molar-refractivity contribution in [1.29, 1.82) is 0 Å². The second-order valence-corrected chi connectivity index (χ2v) is 7.54. The SMILES string of the molecule is ClC1=C(C23CC4CC(CC(C4)C2)C3)SOC1. The van der Waals surface area contributed by atoms with Crippen molar-refractivity contribution in [2.24, 2.45) is 23.2 Å². The van der Waals surface area contributed by atoms with Crippen LogP contribution in [0.15, 0.2) is 9.94 Å². The van der Waals surface area contributed by atoms with Crippen LogP contribution in [0.2, 0.25) is 0 Å². The smallest absolute Gasteiger partial charge is 0.0983 e. The van der Waals surface area contributed by atoms with Gasteiger partial charge in [-0.3, -0.25) is 0 Å². The first-order valence-electron chi connectivity index (χ1n) is 6.44. The molecule has 3 heteroatoms. The van der Waals surface area contributed by atoms with Gasteiger partial charge in [0.1, 0.15) is 0 Å². The summed E-state index contributed by atoms with van der Waals surface area (Å²) in [6.45, 7) is 0.642. The zero-order valence-electron chi connectivity index (χ0n) is 9.38. The van der Waals surface area contributed by atoms with E-state index in [1.54, 1.807) is 12.0 Å². The Hall–Kier alpha value is 0.340. The van der Waals surface area contributed by atoms with Gasteiger partial charge < -0.3 is 4.18 Å². The molecule has 0 aromatic heterocycles. The minimum atomic E-state index is 0.438. The third-order valence-corrected chi connectivity index (χ3v) is 6.59. The number of halogens is 1. The van der Waals surface area contributed by atoms with Crippen LogP contribution in [0, 0.1) is 23.2 Å². The average Bonchev–Trinajstić information content (AvgIpc) is 2.62. The molecule has 0 amide bonds. The van der Waals surface area contributed by atoms with E-state index in [1.165, 1.54) is 43.4 Å². The number of rotatable bonds is 1. The highest BCUT2D eigenvalue weighted by Crippen LogP contribution is 2.65. The third-order valence-electron chi connectivity index (χ3n) is 5.09. The quantitative estimate of drug-likeness (QED) is 0.646. The minimum absolute atomic E-state index is 0.438. The van der Waals surface area contributed by atoms with Gasteiger partial charge in [0.2, 0.25) is 0 Å². The van der Waals surface area contributed by atoms with Crippen LogP contribution >= 0.6 is 23.6 Å². The Labute approximate surface area is 106 Å². The fourth-order valence-electron chi connectivity index (χ4n) is 5.02.